The first kappa shape index (κ1) is 19.6. The maximum Gasteiger partial charge on any atom is 0.411 e. The Hall–Kier alpha value is -1.74. The van der Waals surface area contributed by atoms with E-state index < -0.39 is 19.2 Å². The lowest BCUT2D eigenvalue weighted by Crippen LogP contribution is -2.49. The van der Waals surface area contributed by atoms with Crippen LogP contribution in [0.4, 0.5) is 22.0 Å². The maximum absolute atomic E-state index is 12.4. The van der Waals surface area contributed by atoms with Crippen molar-refractivity contribution in [3.05, 3.63) is 35.4 Å². The molecule has 9 heteroatoms. The lowest BCUT2D eigenvalue weighted by atomic mass is 10.1. The standard InChI is InChI=1S/C16H19F5N2O2/c17-14(18)9-22-5-7-23(8-6-22)15(24)13-3-1-12(2-4-13)10-25-11-16(19,20)21/h1-4,14H,5-11H2. The van der Waals surface area contributed by atoms with Crippen LogP contribution in [-0.4, -0.2) is 67.6 Å². The molecule has 1 amide bonds. The van der Waals surface area contributed by atoms with E-state index in [4.69, 9.17) is 0 Å². The monoisotopic (exact) mass is 366 g/mol. The summed E-state index contributed by atoms with van der Waals surface area (Å²) in [6, 6.07) is 6.13. The fraction of sp³-hybridized carbons (Fsp3) is 0.562. The number of benzene rings is 1. The fourth-order valence-electron chi connectivity index (χ4n) is 2.54. The molecule has 1 aliphatic rings. The van der Waals surface area contributed by atoms with Crippen LogP contribution in [0.3, 0.4) is 0 Å². The molecule has 4 nitrogen and oxygen atoms in total. The average molecular weight is 366 g/mol. The zero-order valence-corrected chi connectivity index (χ0v) is 13.4. The number of rotatable bonds is 6. The van der Waals surface area contributed by atoms with Gasteiger partial charge in [-0.1, -0.05) is 12.1 Å². The van der Waals surface area contributed by atoms with E-state index in [2.05, 4.69) is 4.74 Å². The third-order valence-corrected chi connectivity index (χ3v) is 3.79. The van der Waals surface area contributed by atoms with Crippen LogP contribution in [0.2, 0.25) is 0 Å². The van der Waals surface area contributed by atoms with Gasteiger partial charge in [0.2, 0.25) is 0 Å². The van der Waals surface area contributed by atoms with Crippen LogP contribution in [0.15, 0.2) is 24.3 Å². The summed E-state index contributed by atoms with van der Waals surface area (Å²) in [4.78, 5) is 15.6. The van der Waals surface area contributed by atoms with Crippen molar-refractivity contribution >= 4 is 5.91 Å². The molecular formula is C16H19F5N2O2. The van der Waals surface area contributed by atoms with Gasteiger partial charge in [0.1, 0.15) is 6.61 Å². The summed E-state index contributed by atoms with van der Waals surface area (Å²) in [6.07, 6.45) is -6.77. The van der Waals surface area contributed by atoms with E-state index >= 15 is 0 Å². The first-order valence-electron chi connectivity index (χ1n) is 7.78. The molecule has 0 radical (unpaired) electrons. The number of hydrogen-bond acceptors (Lipinski definition) is 3. The quantitative estimate of drug-likeness (QED) is 0.726. The minimum Gasteiger partial charge on any atom is -0.367 e. The first-order chi connectivity index (χ1) is 11.7. The van der Waals surface area contributed by atoms with Crippen molar-refractivity contribution in [2.24, 2.45) is 0 Å². The molecule has 25 heavy (non-hydrogen) atoms. The molecule has 1 heterocycles. The largest absolute Gasteiger partial charge is 0.411 e. The number of ether oxygens (including phenoxy) is 1. The number of piperazine rings is 1. The first-order valence-corrected chi connectivity index (χ1v) is 7.78. The molecule has 0 saturated carbocycles. The minimum absolute atomic E-state index is 0.194. The Balaban J connectivity index is 1.82. The fourth-order valence-corrected chi connectivity index (χ4v) is 2.54. The van der Waals surface area contributed by atoms with Gasteiger partial charge in [-0.05, 0) is 17.7 Å². The van der Waals surface area contributed by atoms with Crippen LogP contribution >= 0.6 is 0 Å². The summed E-state index contributed by atoms with van der Waals surface area (Å²) in [6.45, 7) is -0.311. The molecule has 0 atom stereocenters. The summed E-state index contributed by atoms with van der Waals surface area (Å²) < 4.78 is 65.3. The molecule has 0 spiro atoms. The van der Waals surface area contributed by atoms with Gasteiger partial charge in [-0.2, -0.15) is 13.2 Å². The number of carbonyl (C=O) groups excluding carboxylic acids is 1. The van der Waals surface area contributed by atoms with Crippen molar-refractivity contribution in [3.63, 3.8) is 0 Å². The molecule has 0 N–H and O–H groups in total. The predicted octanol–water partition coefficient (Wildman–Crippen LogP) is 2.79. The van der Waals surface area contributed by atoms with Gasteiger partial charge in [0.15, 0.2) is 0 Å². The maximum atomic E-state index is 12.4. The highest BCUT2D eigenvalue weighted by molar-refractivity contribution is 5.94. The molecule has 1 saturated heterocycles. The van der Waals surface area contributed by atoms with Crippen molar-refractivity contribution in [2.45, 2.75) is 19.2 Å². The van der Waals surface area contributed by atoms with Crippen LogP contribution in [0.25, 0.3) is 0 Å². The van der Waals surface area contributed by atoms with Gasteiger partial charge < -0.3 is 9.64 Å². The van der Waals surface area contributed by atoms with Crippen molar-refractivity contribution < 1.29 is 31.5 Å². The topological polar surface area (TPSA) is 32.8 Å². The highest BCUT2D eigenvalue weighted by Crippen LogP contribution is 2.16. The molecule has 2 rings (SSSR count). The Morgan fingerprint density at radius 2 is 1.68 bits per heavy atom. The zero-order chi connectivity index (χ0) is 18.4. The Morgan fingerprint density at radius 1 is 1.08 bits per heavy atom. The summed E-state index contributed by atoms with van der Waals surface area (Å²) in [7, 11) is 0. The predicted molar refractivity (Wildman–Crippen MR) is 80.5 cm³/mol. The van der Waals surface area contributed by atoms with Crippen molar-refractivity contribution in [1.82, 2.24) is 9.80 Å². The van der Waals surface area contributed by atoms with Crippen LogP contribution < -0.4 is 0 Å². The van der Waals surface area contributed by atoms with Crippen LogP contribution in [0.1, 0.15) is 15.9 Å². The van der Waals surface area contributed by atoms with E-state index in [0.29, 0.717) is 37.3 Å². The molecule has 140 valence electrons. The molecule has 1 aromatic rings. The second-order valence-electron chi connectivity index (χ2n) is 5.79. The number of amides is 1. The van der Waals surface area contributed by atoms with Crippen LogP contribution in [0, 0.1) is 0 Å². The lowest BCUT2D eigenvalue weighted by molar-refractivity contribution is -0.176. The van der Waals surface area contributed by atoms with Gasteiger partial charge in [0.05, 0.1) is 13.2 Å². The summed E-state index contributed by atoms with van der Waals surface area (Å²) in [5, 5.41) is 0. The van der Waals surface area contributed by atoms with Crippen LogP contribution in [0.5, 0.6) is 0 Å². The van der Waals surface area contributed by atoms with E-state index in [1.165, 1.54) is 24.3 Å². The smallest absolute Gasteiger partial charge is 0.367 e. The Bertz CT molecular complexity index is 555. The molecule has 0 aromatic heterocycles. The highest BCUT2D eigenvalue weighted by atomic mass is 19.4. The average Bonchev–Trinajstić information content (AvgIpc) is 2.54. The molecule has 1 fully saturated rings. The van der Waals surface area contributed by atoms with Gasteiger partial charge >= 0.3 is 6.18 Å². The van der Waals surface area contributed by atoms with Crippen molar-refractivity contribution in [1.29, 1.82) is 0 Å². The van der Waals surface area contributed by atoms with Crippen molar-refractivity contribution in [3.8, 4) is 0 Å². The molecule has 1 aromatic carbocycles. The third kappa shape index (κ3) is 6.58. The lowest BCUT2D eigenvalue weighted by Gasteiger charge is -2.34. The van der Waals surface area contributed by atoms with Gasteiger partial charge in [-0.3, -0.25) is 9.69 Å². The SMILES string of the molecule is O=C(c1ccc(COCC(F)(F)F)cc1)N1CCN(CC(F)F)CC1. The molecule has 0 aliphatic carbocycles. The number of halogens is 5. The van der Waals surface area contributed by atoms with E-state index in [-0.39, 0.29) is 19.1 Å². The Morgan fingerprint density at radius 3 is 2.20 bits per heavy atom. The Labute approximate surface area is 142 Å². The molecule has 1 aliphatic heterocycles. The van der Waals surface area contributed by atoms with Gasteiger partial charge in [0.25, 0.3) is 12.3 Å². The van der Waals surface area contributed by atoms with E-state index in [1.54, 1.807) is 9.80 Å². The van der Waals surface area contributed by atoms with Crippen LogP contribution in [-0.2, 0) is 11.3 Å². The van der Waals surface area contributed by atoms with E-state index in [9.17, 15) is 26.7 Å². The van der Waals surface area contributed by atoms with Crippen molar-refractivity contribution in [2.75, 3.05) is 39.3 Å². The molecule has 0 unspecified atom stereocenters. The van der Waals surface area contributed by atoms with E-state index in [1.807, 2.05) is 0 Å². The third-order valence-electron chi connectivity index (χ3n) is 3.79. The molecular weight excluding hydrogens is 347 g/mol. The molecule has 0 bridgehead atoms. The Kier molecular flexibility index (Phi) is 6.71. The van der Waals surface area contributed by atoms with Gasteiger partial charge in [-0.25, -0.2) is 8.78 Å². The number of hydrogen-bond donors (Lipinski definition) is 0. The second kappa shape index (κ2) is 8.57. The summed E-state index contributed by atoms with van der Waals surface area (Å²) >= 11 is 0. The van der Waals surface area contributed by atoms with Gasteiger partial charge in [0, 0.05) is 31.7 Å². The second-order valence-corrected chi connectivity index (χ2v) is 5.79. The number of alkyl halides is 5. The summed E-state index contributed by atoms with van der Waals surface area (Å²) in [5.41, 5.74) is 0.935. The minimum atomic E-state index is -4.37. The van der Waals surface area contributed by atoms with Gasteiger partial charge in [-0.15, -0.1) is 0 Å². The number of carbonyl (C=O) groups is 1. The highest BCUT2D eigenvalue weighted by Gasteiger charge is 2.27. The zero-order valence-electron chi connectivity index (χ0n) is 13.4. The number of nitrogens with zero attached hydrogens (tertiary/aromatic N) is 2. The normalized spacial score (nSPS) is 16.5. The summed E-state index contributed by atoms with van der Waals surface area (Å²) in [5.74, 6) is -0.223. The van der Waals surface area contributed by atoms with E-state index in [0.717, 1.165) is 0 Å².